The Labute approximate surface area is 159 Å². The second-order valence-electron chi connectivity index (χ2n) is 6.84. The number of rotatable bonds is 8. The van der Waals surface area contributed by atoms with E-state index in [1.165, 1.54) is 64.8 Å². The molecule has 136 valence electrons. The molecule has 3 saturated heterocycles. The topological polar surface area (TPSA) is 42.9 Å². The molecule has 6 heteroatoms. The number of guanidine groups is 1. The lowest BCUT2D eigenvalue weighted by Crippen LogP contribution is -2.64. The van der Waals surface area contributed by atoms with E-state index in [1.54, 1.807) is 0 Å². The van der Waals surface area contributed by atoms with Gasteiger partial charge in [-0.15, -0.1) is 24.0 Å². The number of halogens is 1. The second-order valence-corrected chi connectivity index (χ2v) is 6.84. The lowest BCUT2D eigenvalue weighted by molar-refractivity contribution is 0.0154. The smallest absolute Gasteiger partial charge is 0.191 e. The Morgan fingerprint density at radius 3 is 2.48 bits per heavy atom. The molecule has 0 radical (unpaired) electrons. The van der Waals surface area contributed by atoms with Crippen LogP contribution in [0.15, 0.2) is 4.99 Å². The molecule has 23 heavy (non-hydrogen) atoms. The summed E-state index contributed by atoms with van der Waals surface area (Å²) in [4.78, 5) is 9.58. The van der Waals surface area contributed by atoms with Crippen LogP contribution in [-0.4, -0.2) is 74.2 Å². The van der Waals surface area contributed by atoms with Crippen LogP contribution in [-0.2, 0) is 0 Å². The first-order valence-electron chi connectivity index (χ1n) is 9.16. The Hall–Kier alpha value is -0.0800. The van der Waals surface area contributed by atoms with Crippen LogP contribution in [0.5, 0.6) is 0 Å². The summed E-state index contributed by atoms with van der Waals surface area (Å²) in [6.07, 6.45) is 6.55. The summed E-state index contributed by atoms with van der Waals surface area (Å²) in [6.45, 7) is 11.7. The average molecular weight is 437 g/mol. The fraction of sp³-hybridized carbons (Fsp3) is 0.941. The van der Waals surface area contributed by atoms with E-state index < -0.39 is 0 Å². The minimum absolute atomic E-state index is 0. The van der Waals surface area contributed by atoms with E-state index in [9.17, 15) is 0 Å². The van der Waals surface area contributed by atoms with Gasteiger partial charge in [-0.25, -0.2) is 0 Å². The second kappa shape index (κ2) is 11.5. The Morgan fingerprint density at radius 2 is 1.91 bits per heavy atom. The van der Waals surface area contributed by atoms with Gasteiger partial charge in [-0.05, 0) is 13.3 Å². The molecule has 3 rings (SSSR count). The maximum atomic E-state index is 4.38. The predicted molar refractivity (Wildman–Crippen MR) is 110 cm³/mol. The van der Waals surface area contributed by atoms with Crippen molar-refractivity contribution in [1.82, 2.24) is 20.4 Å². The van der Waals surface area contributed by atoms with Crippen LogP contribution in [0.4, 0.5) is 0 Å². The highest BCUT2D eigenvalue weighted by molar-refractivity contribution is 14.0. The van der Waals surface area contributed by atoms with Gasteiger partial charge in [0.25, 0.3) is 0 Å². The summed E-state index contributed by atoms with van der Waals surface area (Å²) in [5, 5.41) is 7.06. The van der Waals surface area contributed by atoms with Crippen molar-refractivity contribution in [3.8, 4) is 0 Å². The molecule has 3 fully saturated rings. The maximum absolute atomic E-state index is 4.38. The maximum Gasteiger partial charge on any atom is 0.191 e. The molecule has 0 aromatic rings. The number of aliphatic imine (C=N–C) groups is 1. The third kappa shape index (κ3) is 7.13. The highest BCUT2D eigenvalue weighted by atomic mass is 127. The van der Waals surface area contributed by atoms with E-state index in [0.29, 0.717) is 12.1 Å². The van der Waals surface area contributed by atoms with Crippen LogP contribution in [0, 0.1) is 0 Å². The van der Waals surface area contributed by atoms with Crippen LogP contribution in [0.1, 0.15) is 46.0 Å². The summed E-state index contributed by atoms with van der Waals surface area (Å²) >= 11 is 0. The van der Waals surface area contributed by atoms with E-state index in [1.807, 2.05) is 7.05 Å². The zero-order chi connectivity index (χ0) is 15.8. The number of unbranched alkanes of at least 4 members (excludes halogenated alkanes) is 3. The first kappa shape index (κ1) is 21.0. The first-order chi connectivity index (χ1) is 10.7. The number of fused-ring (bicyclic) bond motifs is 3. The Morgan fingerprint density at radius 1 is 1.17 bits per heavy atom. The molecular weight excluding hydrogens is 401 g/mol. The number of nitrogens with one attached hydrogen (secondary N) is 2. The van der Waals surface area contributed by atoms with Crippen LogP contribution < -0.4 is 10.6 Å². The van der Waals surface area contributed by atoms with Crippen LogP contribution in [0.3, 0.4) is 0 Å². The van der Waals surface area contributed by atoms with Gasteiger partial charge in [0.05, 0.1) is 0 Å². The number of hydrogen-bond acceptors (Lipinski definition) is 3. The molecule has 5 nitrogen and oxygen atoms in total. The molecule has 0 aliphatic carbocycles. The van der Waals surface area contributed by atoms with Gasteiger partial charge >= 0.3 is 0 Å². The summed E-state index contributed by atoms with van der Waals surface area (Å²) < 4.78 is 0. The van der Waals surface area contributed by atoms with Crippen molar-refractivity contribution in [3.63, 3.8) is 0 Å². The Bertz CT molecular complexity index is 342. The van der Waals surface area contributed by atoms with Gasteiger partial charge in [-0.1, -0.05) is 32.6 Å². The first-order valence-corrected chi connectivity index (χ1v) is 9.16. The molecule has 0 aromatic carbocycles. The number of hydrogen-bond donors (Lipinski definition) is 2. The Kier molecular flexibility index (Phi) is 10.5. The molecule has 0 saturated carbocycles. The minimum atomic E-state index is 0. The standard InChI is InChI=1S/C17H35N5.HI/c1-4-5-6-7-8-15(2)20-17(18-3)19-13-16-14-21-9-11-22(16)12-10-21;/h15-16H,4-14H2,1-3H3,(H2,18,19,20);1H. The monoisotopic (exact) mass is 437 g/mol. The summed E-state index contributed by atoms with van der Waals surface area (Å²) in [6, 6.07) is 1.14. The quantitative estimate of drug-likeness (QED) is 0.264. The lowest BCUT2D eigenvalue weighted by atomic mass is 10.1. The number of piperazine rings is 3. The molecule has 3 heterocycles. The molecule has 0 spiro atoms. The van der Waals surface area contributed by atoms with Gasteiger partial charge < -0.3 is 10.6 Å². The van der Waals surface area contributed by atoms with Crippen molar-refractivity contribution in [2.24, 2.45) is 4.99 Å². The van der Waals surface area contributed by atoms with Crippen molar-refractivity contribution in [3.05, 3.63) is 0 Å². The SMILES string of the molecule is CCCCCCC(C)NC(=NC)NCC1CN2CCN1CC2.I. The third-order valence-electron chi connectivity index (χ3n) is 4.99. The van der Waals surface area contributed by atoms with E-state index in [-0.39, 0.29) is 24.0 Å². The number of nitrogens with zero attached hydrogens (tertiary/aromatic N) is 3. The van der Waals surface area contributed by atoms with E-state index in [4.69, 9.17) is 0 Å². The van der Waals surface area contributed by atoms with Crippen molar-refractivity contribution < 1.29 is 0 Å². The van der Waals surface area contributed by atoms with Gasteiger partial charge in [-0.2, -0.15) is 0 Å². The molecule has 0 aromatic heterocycles. The normalized spacial score (nSPS) is 28.1. The van der Waals surface area contributed by atoms with E-state index in [0.717, 1.165) is 12.5 Å². The van der Waals surface area contributed by atoms with E-state index in [2.05, 4.69) is 39.3 Å². The molecule has 2 atom stereocenters. The molecular formula is C17H36IN5. The third-order valence-corrected chi connectivity index (χ3v) is 4.99. The van der Waals surface area contributed by atoms with Crippen LogP contribution >= 0.6 is 24.0 Å². The Balaban J connectivity index is 0.00000264. The van der Waals surface area contributed by atoms with Crippen molar-refractivity contribution >= 4 is 29.9 Å². The molecule has 2 N–H and O–H groups in total. The average Bonchev–Trinajstić information content (AvgIpc) is 2.56. The molecule has 2 bridgehead atoms. The highest BCUT2D eigenvalue weighted by Gasteiger charge is 2.31. The fourth-order valence-corrected chi connectivity index (χ4v) is 3.51. The zero-order valence-corrected chi connectivity index (χ0v) is 17.5. The summed E-state index contributed by atoms with van der Waals surface area (Å²) in [5.41, 5.74) is 0. The zero-order valence-electron chi connectivity index (χ0n) is 15.2. The van der Waals surface area contributed by atoms with Crippen molar-refractivity contribution in [2.75, 3.05) is 46.3 Å². The van der Waals surface area contributed by atoms with Crippen LogP contribution in [0.2, 0.25) is 0 Å². The van der Waals surface area contributed by atoms with Gasteiger partial charge in [0, 0.05) is 58.4 Å². The molecule has 3 aliphatic heterocycles. The van der Waals surface area contributed by atoms with E-state index >= 15 is 0 Å². The van der Waals surface area contributed by atoms with Crippen LogP contribution in [0.25, 0.3) is 0 Å². The van der Waals surface area contributed by atoms with Gasteiger partial charge in [0.1, 0.15) is 0 Å². The van der Waals surface area contributed by atoms with Crippen molar-refractivity contribution in [2.45, 2.75) is 58.0 Å². The summed E-state index contributed by atoms with van der Waals surface area (Å²) in [7, 11) is 1.87. The van der Waals surface area contributed by atoms with Gasteiger partial charge in [-0.3, -0.25) is 14.8 Å². The predicted octanol–water partition coefficient (Wildman–Crippen LogP) is 2.13. The molecule has 3 aliphatic rings. The highest BCUT2D eigenvalue weighted by Crippen LogP contribution is 2.14. The van der Waals surface area contributed by atoms with Crippen molar-refractivity contribution in [1.29, 1.82) is 0 Å². The fourth-order valence-electron chi connectivity index (χ4n) is 3.51. The minimum Gasteiger partial charge on any atom is -0.355 e. The van der Waals surface area contributed by atoms with Gasteiger partial charge in [0.15, 0.2) is 5.96 Å². The van der Waals surface area contributed by atoms with Gasteiger partial charge in [0.2, 0.25) is 0 Å². The lowest BCUT2D eigenvalue weighted by Gasteiger charge is -2.47. The largest absolute Gasteiger partial charge is 0.355 e. The molecule has 2 unspecified atom stereocenters. The molecule has 0 amide bonds. The summed E-state index contributed by atoms with van der Waals surface area (Å²) in [5.74, 6) is 0.959.